The molecule has 0 spiro atoms. The summed E-state index contributed by atoms with van der Waals surface area (Å²) in [5.41, 5.74) is 0.445. The van der Waals surface area contributed by atoms with Crippen LogP contribution >= 0.6 is 28.1 Å². The third kappa shape index (κ3) is 7.76. The summed E-state index contributed by atoms with van der Waals surface area (Å²) in [5.74, 6) is 0.619. The minimum atomic E-state index is -0.297. The lowest BCUT2D eigenvalue weighted by atomic mass is 10.2. The summed E-state index contributed by atoms with van der Waals surface area (Å²) in [5, 5.41) is 5.93. The van der Waals surface area contributed by atoms with Crippen LogP contribution in [0.1, 0.15) is 30.6 Å². The van der Waals surface area contributed by atoms with Crippen LogP contribution in [0.4, 0.5) is 0 Å². The Bertz CT molecular complexity index is 538. The van der Waals surface area contributed by atoms with Crippen molar-refractivity contribution in [1.29, 1.82) is 0 Å². The number of methoxy groups -OCH3 is 1. The lowest BCUT2D eigenvalue weighted by Crippen LogP contribution is -2.40. The molecule has 7 heteroatoms. The van der Waals surface area contributed by atoms with Crippen LogP contribution in [0, 0.1) is 5.92 Å². The maximum atomic E-state index is 12.4. The molecule has 5 nitrogen and oxygen atoms in total. The zero-order valence-electron chi connectivity index (χ0n) is 13.6. The van der Waals surface area contributed by atoms with E-state index in [2.05, 4.69) is 40.4 Å². The van der Waals surface area contributed by atoms with Crippen molar-refractivity contribution < 1.29 is 14.3 Å². The van der Waals surface area contributed by atoms with Crippen LogP contribution < -0.4 is 15.4 Å². The van der Waals surface area contributed by atoms with Gasteiger partial charge >= 0.3 is 0 Å². The van der Waals surface area contributed by atoms with Crippen molar-refractivity contribution in [1.82, 2.24) is 10.6 Å². The van der Waals surface area contributed by atoms with E-state index in [0.717, 1.165) is 10.9 Å². The summed E-state index contributed by atoms with van der Waals surface area (Å²) in [4.78, 5) is 12.4. The van der Waals surface area contributed by atoms with Gasteiger partial charge in [-0.25, -0.2) is 0 Å². The van der Waals surface area contributed by atoms with E-state index < -0.39 is 0 Å². The van der Waals surface area contributed by atoms with Crippen LogP contribution in [0.3, 0.4) is 0 Å². The second kappa shape index (κ2) is 10.6. The molecule has 128 valence electrons. The predicted molar refractivity (Wildman–Crippen MR) is 99.0 cm³/mol. The van der Waals surface area contributed by atoms with Crippen molar-refractivity contribution in [2.24, 2.45) is 5.92 Å². The number of benzene rings is 1. The highest BCUT2D eigenvalue weighted by Crippen LogP contribution is 2.23. The Hall–Kier alpha value is -1.18. The third-order valence-electron chi connectivity index (χ3n) is 2.80. The highest BCUT2D eigenvalue weighted by molar-refractivity contribution is 9.10. The molecule has 1 aromatic rings. The topological polar surface area (TPSA) is 59.6 Å². The van der Waals surface area contributed by atoms with E-state index in [9.17, 15) is 4.79 Å². The van der Waals surface area contributed by atoms with Crippen LogP contribution in [0.15, 0.2) is 22.7 Å². The van der Waals surface area contributed by atoms with Gasteiger partial charge in [0.1, 0.15) is 5.75 Å². The number of ether oxygens (including phenoxy) is 2. The number of hydrogen-bond acceptors (Lipinski definition) is 4. The molecule has 0 fully saturated rings. The first-order valence-corrected chi connectivity index (χ1v) is 8.64. The highest BCUT2D eigenvalue weighted by Gasteiger charge is 2.15. The van der Waals surface area contributed by atoms with Crippen molar-refractivity contribution >= 4 is 39.2 Å². The molecule has 0 heterocycles. The van der Waals surface area contributed by atoms with E-state index in [0.29, 0.717) is 42.1 Å². The number of thiocarbonyl (C=S) groups is 1. The van der Waals surface area contributed by atoms with Gasteiger partial charge in [0.25, 0.3) is 5.91 Å². The lowest BCUT2D eigenvalue weighted by Gasteiger charge is -2.14. The molecule has 0 aliphatic rings. The molecule has 0 radical (unpaired) electrons. The van der Waals surface area contributed by atoms with Gasteiger partial charge < -0.3 is 14.8 Å². The summed E-state index contributed by atoms with van der Waals surface area (Å²) in [6.07, 6.45) is 0.812. The molecular weight excluding hydrogens is 380 g/mol. The summed E-state index contributed by atoms with van der Waals surface area (Å²) in [7, 11) is 1.64. The molecule has 0 saturated carbocycles. The second-order valence-corrected chi connectivity index (χ2v) is 6.73. The molecule has 0 bridgehead atoms. The van der Waals surface area contributed by atoms with Gasteiger partial charge in [0.15, 0.2) is 5.11 Å². The minimum absolute atomic E-state index is 0.292. The number of rotatable bonds is 8. The Balaban J connectivity index is 2.66. The summed E-state index contributed by atoms with van der Waals surface area (Å²) >= 11 is 8.50. The zero-order valence-corrected chi connectivity index (χ0v) is 16.1. The van der Waals surface area contributed by atoms with Gasteiger partial charge in [-0.15, -0.1) is 0 Å². The fraction of sp³-hybridized carbons (Fsp3) is 0.500. The SMILES string of the molecule is COCCCNC(=S)NC(=O)c1cc(Br)ccc1OCC(C)C. The normalized spacial score (nSPS) is 10.5. The molecule has 0 saturated heterocycles. The fourth-order valence-electron chi connectivity index (χ4n) is 1.70. The van der Waals surface area contributed by atoms with Gasteiger partial charge in [0.2, 0.25) is 0 Å². The Morgan fingerprint density at radius 1 is 1.39 bits per heavy atom. The van der Waals surface area contributed by atoms with Gasteiger partial charge in [-0.05, 0) is 42.8 Å². The third-order valence-corrected chi connectivity index (χ3v) is 3.54. The van der Waals surface area contributed by atoms with Crippen molar-refractivity contribution in [2.75, 3.05) is 26.9 Å². The summed E-state index contributed by atoms with van der Waals surface area (Å²) in [6.45, 7) is 5.93. The molecule has 1 amide bonds. The number of amides is 1. The second-order valence-electron chi connectivity index (χ2n) is 5.40. The van der Waals surface area contributed by atoms with Crippen LogP contribution in [-0.2, 0) is 4.74 Å². The lowest BCUT2D eigenvalue weighted by molar-refractivity contribution is 0.0972. The highest BCUT2D eigenvalue weighted by atomic mass is 79.9. The largest absolute Gasteiger partial charge is 0.492 e. The zero-order chi connectivity index (χ0) is 17.2. The monoisotopic (exact) mass is 402 g/mol. The number of nitrogens with one attached hydrogen (secondary N) is 2. The molecule has 2 N–H and O–H groups in total. The predicted octanol–water partition coefficient (Wildman–Crippen LogP) is 3.12. The first kappa shape index (κ1) is 19.9. The van der Waals surface area contributed by atoms with Crippen LogP contribution in [-0.4, -0.2) is 37.9 Å². The Kier molecular flexibility index (Phi) is 9.13. The van der Waals surface area contributed by atoms with Gasteiger partial charge in [-0.3, -0.25) is 10.1 Å². The van der Waals surface area contributed by atoms with Crippen molar-refractivity contribution in [3.05, 3.63) is 28.2 Å². The van der Waals surface area contributed by atoms with Crippen molar-refractivity contribution in [2.45, 2.75) is 20.3 Å². The van der Waals surface area contributed by atoms with Gasteiger partial charge in [-0.1, -0.05) is 29.8 Å². The van der Waals surface area contributed by atoms with Gasteiger partial charge in [0.05, 0.1) is 12.2 Å². The summed E-state index contributed by atoms with van der Waals surface area (Å²) in [6, 6.07) is 5.34. The molecule has 0 aromatic heterocycles. The van der Waals surface area contributed by atoms with Crippen LogP contribution in [0.2, 0.25) is 0 Å². The van der Waals surface area contributed by atoms with E-state index in [-0.39, 0.29) is 5.91 Å². The molecular formula is C16H23BrN2O3S. The molecule has 1 rings (SSSR count). The standard InChI is InChI=1S/C16H23BrN2O3S/c1-11(2)10-22-14-6-5-12(17)9-13(14)15(20)19-16(23)18-7-4-8-21-3/h5-6,9,11H,4,7-8,10H2,1-3H3,(H2,18,19,20,23). The first-order valence-electron chi connectivity index (χ1n) is 7.44. The van der Waals surface area contributed by atoms with Crippen molar-refractivity contribution in [3.8, 4) is 5.75 Å². The average Bonchev–Trinajstić information content (AvgIpc) is 2.50. The van der Waals surface area contributed by atoms with E-state index in [4.69, 9.17) is 21.7 Å². The summed E-state index contributed by atoms with van der Waals surface area (Å²) < 4.78 is 11.5. The number of hydrogen-bond donors (Lipinski definition) is 2. The van der Waals surface area contributed by atoms with Gasteiger partial charge in [-0.2, -0.15) is 0 Å². The maximum Gasteiger partial charge on any atom is 0.261 e. The number of carbonyl (C=O) groups excluding carboxylic acids is 1. The maximum absolute atomic E-state index is 12.4. The van der Waals surface area contributed by atoms with E-state index >= 15 is 0 Å². The van der Waals surface area contributed by atoms with Crippen LogP contribution in [0.25, 0.3) is 0 Å². The van der Waals surface area contributed by atoms with Gasteiger partial charge in [0, 0.05) is 24.7 Å². The number of halogens is 1. The van der Waals surface area contributed by atoms with Crippen LogP contribution in [0.5, 0.6) is 5.75 Å². The fourth-order valence-corrected chi connectivity index (χ4v) is 2.25. The quantitative estimate of drug-likeness (QED) is 0.516. The molecule has 0 atom stereocenters. The Morgan fingerprint density at radius 2 is 2.13 bits per heavy atom. The van der Waals surface area contributed by atoms with Crippen molar-refractivity contribution in [3.63, 3.8) is 0 Å². The molecule has 0 unspecified atom stereocenters. The van der Waals surface area contributed by atoms with E-state index in [1.54, 1.807) is 19.2 Å². The Labute approximate surface area is 151 Å². The first-order chi connectivity index (χ1) is 10.9. The smallest absolute Gasteiger partial charge is 0.261 e. The molecule has 1 aromatic carbocycles. The molecule has 0 aliphatic heterocycles. The Morgan fingerprint density at radius 3 is 2.78 bits per heavy atom. The minimum Gasteiger partial charge on any atom is -0.492 e. The molecule has 0 aliphatic carbocycles. The van der Waals surface area contributed by atoms with E-state index in [1.165, 1.54) is 0 Å². The average molecular weight is 403 g/mol. The van der Waals surface area contributed by atoms with E-state index in [1.807, 2.05) is 6.07 Å². The number of carbonyl (C=O) groups is 1. The molecule has 23 heavy (non-hydrogen) atoms.